The van der Waals surface area contributed by atoms with E-state index in [9.17, 15) is 4.79 Å². The third-order valence-electron chi connectivity index (χ3n) is 5.79. The highest BCUT2D eigenvalue weighted by molar-refractivity contribution is 6.09. The van der Waals surface area contributed by atoms with Crippen molar-refractivity contribution >= 4 is 29.2 Å². The first kappa shape index (κ1) is 18.0. The summed E-state index contributed by atoms with van der Waals surface area (Å²) in [5.41, 5.74) is 14.4. The van der Waals surface area contributed by atoms with E-state index >= 15 is 0 Å². The molecular formula is C21H23ClN4O. The molecule has 3 aromatic rings. The first-order chi connectivity index (χ1) is 12.7. The maximum Gasteiger partial charge on any atom is 0.252 e. The van der Waals surface area contributed by atoms with Crippen LogP contribution in [-0.2, 0) is 25.8 Å². The van der Waals surface area contributed by atoms with Gasteiger partial charge in [-0.15, -0.1) is 12.4 Å². The highest BCUT2D eigenvalue weighted by Gasteiger charge is 2.24. The van der Waals surface area contributed by atoms with Crippen LogP contribution in [0.3, 0.4) is 0 Å². The lowest BCUT2D eigenvalue weighted by Gasteiger charge is -2.21. The number of nitrogens with one attached hydrogen (secondary N) is 2. The number of nitrogens with two attached hydrogens (primary N) is 1. The van der Waals surface area contributed by atoms with Gasteiger partial charge in [-0.05, 0) is 55.3 Å². The number of amides is 1. The van der Waals surface area contributed by atoms with Crippen LogP contribution in [0.25, 0.3) is 22.2 Å². The maximum absolute atomic E-state index is 12.0. The van der Waals surface area contributed by atoms with Gasteiger partial charge in [0.1, 0.15) is 0 Å². The topological polar surface area (TPSA) is 83.8 Å². The molecule has 5 rings (SSSR count). The molecule has 2 aliphatic rings. The minimum Gasteiger partial charge on any atom is -0.365 e. The molecule has 5 nitrogen and oxygen atoms in total. The van der Waals surface area contributed by atoms with E-state index < -0.39 is 5.91 Å². The summed E-state index contributed by atoms with van der Waals surface area (Å²) in [6.07, 6.45) is 7.06. The normalized spacial score (nSPS) is 15.7. The van der Waals surface area contributed by atoms with Crippen molar-refractivity contribution in [1.82, 2.24) is 15.3 Å². The van der Waals surface area contributed by atoms with Gasteiger partial charge in [0, 0.05) is 29.4 Å². The number of nitrogens with zero attached hydrogens (tertiary/aromatic N) is 1. The molecule has 1 aliphatic carbocycles. The Morgan fingerprint density at radius 3 is 2.81 bits per heavy atom. The van der Waals surface area contributed by atoms with Gasteiger partial charge in [0.15, 0.2) is 0 Å². The van der Waals surface area contributed by atoms with Crippen LogP contribution in [0.5, 0.6) is 0 Å². The number of benzene rings is 1. The molecule has 4 N–H and O–H groups in total. The van der Waals surface area contributed by atoms with Crippen LogP contribution < -0.4 is 11.1 Å². The molecule has 0 saturated heterocycles. The smallest absolute Gasteiger partial charge is 0.252 e. The Morgan fingerprint density at radius 1 is 1.11 bits per heavy atom. The van der Waals surface area contributed by atoms with Gasteiger partial charge in [0.05, 0.1) is 16.8 Å². The van der Waals surface area contributed by atoms with Crippen molar-refractivity contribution < 1.29 is 4.79 Å². The fourth-order valence-electron chi connectivity index (χ4n) is 4.55. The first-order valence-corrected chi connectivity index (χ1v) is 9.38. The van der Waals surface area contributed by atoms with Crippen molar-refractivity contribution in [2.45, 2.75) is 38.6 Å². The minimum atomic E-state index is -0.424. The number of halogens is 1. The van der Waals surface area contributed by atoms with Crippen LogP contribution in [0.15, 0.2) is 24.4 Å². The Morgan fingerprint density at radius 2 is 1.96 bits per heavy atom. The van der Waals surface area contributed by atoms with Gasteiger partial charge < -0.3 is 16.0 Å². The molecular weight excluding hydrogens is 360 g/mol. The van der Waals surface area contributed by atoms with E-state index in [2.05, 4.69) is 28.5 Å². The lowest BCUT2D eigenvalue weighted by Crippen LogP contribution is -2.24. The SMILES string of the molecule is Cl.NC(=O)c1cnc(-c2cccc3c2CCNC3)c2c3c([nH]c12)CCCC3. The average Bonchev–Trinajstić information content (AvgIpc) is 3.06. The van der Waals surface area contributed by atoms with Crippen molar-refractivity contribution in [3.63, 3.8) is 0 Å². The molecule has 27 heavy (non-hydrogen) atoms. The summed E-state index contributed by atoms with van der Waals surface area (Å²) in [5, 5.41) is 4.54. The molecule has 0 saturated carbocycles. The maximum atomic E-state index is 12.0. The molecule has 0 spiro atoms. The summed E-state index contributed by atoms with van der Waals surface area (Å²) in [6, 6.07) is 6.46. The zero-order chi connectivity index (χ0) is 17.7. The van der Waals surface area contributed by atoms with Crippen molar-refractivity contribution in [2.24, 2.45) is 5.73 Å². The number of rotatable bonds is 2. The number of fused-ring (bicyclic) bond motifs is 4. The number of hydrogen-bond acceptors (Lipinski definition) is 3. The predicted octanol–water partition coefficient (Wildman–Crippen LogP) is 3.28. The van der Waals surface area contributed by atoms with Crippen LogP contribution in [0.2, 0.25) is 0 Å². The molecule has 2 aromatic heterocycles. The molecule has 3 heterocycles. The minimum absolute atomic E-state index is 0. The number of primary amides is 1. The summed E-state index contributed by atoms with van der Waals surface area (Å²) in [7, 11) is 0. The van der Waals surface area contributed by atoms with Crippen molar-refractivity contribution in [3.8, 4) is 11.3 Å². The summed E-state index contributed by atoms with van der Waals surface area (Å²) >= 11 is 0. The molecule has 1 aliphatic heterocycles. The van der Waals surface area contributed by atoms with E-state index in [1.807, 2.05) is 0 Å². The summed E-state index contributed by atoms with van der Waals surface area (Å²) in [6.45, 7) is 1.88. The molecule has 1 aromatic carbocycles. The van der Waals surface area contributed by atoms with E-state index in [1.165, 1.54) is 40.8 Å². The molecule has 6 heteroatoms. The van der Waals surface area contributed by atoms with E-state index in [1.54, 1.807) is 6.20 Å². The molecule has 0 fully saturated rings. The highest BCUT2D eigenvalue weighted by atomic mass is 35.5. The Hall–Kier alpha value is -2.37. The van der Waals surface area contributed by atoms with E-state index in [4.69, 9.17) is 10.7 Å². The molecule has 0 bridgehead atoms. The second-order valence-electron chi connectivity index (χ2n) is 7.29. The Balaban J connectivity index is 0.00000180. The number of carbonyl (C=O) groups excluding carboxylic acids is 1. The van der Waals surface area contributed by atoms with Gasteiger partial charge >= 0.3 is 0 Å². The number of carbonyl (C=O) groups is 1. The first-order valence-electron chi connectivity index (χ1n) is 9.38. The average molecular weight is 383 g/mol. The second kappa shape index (κ2) is 6.98. The third-order valence-corrected chi connectivity index (χ3v) is 5.79. The van der Waals surface area contributed by atoms with Crippen LogP contribution in [0.4, 0.5) is 0 Å². The van der Waals surface area contributed by atoms with Gasteiger partial charge in [0.25, 0.3) is 5.91 Å². The lowest BCUT2D eigenvalue weighted by atomic mass is 9.89. The molecule has 0 unspecified atom stereocenters. The van der Waals surface area contributed by atoms with Crippen LogP contribution >= 0.6 is 12.4 Å². The molecule has 1 amide bonds. The lowest BCUT2D eigenvalue weighted by molar-refractivity contribution is 0.100. The molecule has 140 valence electrons. The number of aromatic nitrogens is 2. The summed E-state index contributed by atoms with van der Waals surface area (Å²) in [5.74, 6) is -0.424. The van der Waals surface area contributed by atoms with Crippen LogP contribution in [-0.4, -0.2) is 22.4 Å². The number of hydrogen-bond donors (Lipinski definition) is 3. The van der Waals surface area contributed by atoms with E-state index in [0.717, 1.165) is 48.9 Å². The third kappa shape index (κ3) is 2.82. The standard InChI is InChI=1S/C21H22N4O.ClH/c22-21(26)16-11-24-19(14-6-3-4-12-10-23-9-8-13(12)14)18-15-5-1-2-7-17(15)25-20(16)18;/h3-4,6,11,23,25H,1-2,5,7-10H2,(H2,22,26);1H. The highest BCUT2D eigenvalue weighted by Crippen LogP contribution is 2.38. The van der Waals surface area contributed by atoms with E-state index in [-0.39, 0.29) is 12.4 Å². The zero-order valence-electron chi connectivity index (χ0n) is 15.1. The van der Waals surface area contributed by atoms with Crippen LogP contribution in [0, 0.1) is 0 Å². The molecule has 0 radical (unpaired) electrons. The van der Waals surface area contributed by atoms with Gasteiger partial charge in [-0.1, -0.05) is 18.2 Å². The number of H-pyrrole nitrogens is 1. The van der Waals surface area contributed by atoms with Gasteiger partial charge in [0.2, 0.25) is 0 Å². The Labute approximate surface area is 164 Å². The fourth-order valence-corrected chi connectivity index (χ4v) is 4.55. The zero-order valence-corrected chi connectivity index (χ0v) is 15.9. The van der Waals surface area contributed by atoms with Crippen LogP contribution in [0.1, 0.15) is 45.6 Å². The fraction of sp³-hybridized carbons (Fsp3) is 0.333. The predicted molar refractivity (Wildman–Crippen MR) is 109 cm³/mol. The van der Waals surface area contributed by atoms with Crippen molar-refractivity contribution in [1.29, 1.82) is 0 Å². The second-order valence-corrected chi connectivity index (χ2v) is 7.29. The van der Waals surface area contributed by atoms with Gasteiger partial charge in [-0.2, -0.15) is 0 Å². The number of aryl methyl sites for hydroxylation is 2. The van der Waals surface area contributed by atoms with Crippen molar-refractivity contribution in [3.05, 3.63) is 52.3 Å². The number of pyridine rings is 1. The van der Waals surface area contributed by atoms with Gasteiger partial charge in [-0.25, -0.2) is 0 Å². The van der Waals surface area contributed by atoms with Gasteiger partial charge in [-0.3, -0.25) is 9.78 Å². The number of aromatic amines is 1. The van der Waals surface area contributed by atoms with E-state index in [0.29, 0.717) is 5.56 Å². The monoisotopic (exact) mass is 382 g/mol. The quantitative estimate of drug-likeness (QED) is 0.636. The summed E-state index contributed by atoms with van der Waals surface area (Å²) in [4.78, 5) is 20.2. The Bertz CT molecular complexity index is 1040. The molecule has 0 atom stereocenters. The largest absolute Gasteiger partial charge is 0.365 e. The Kier molecular flexibility index (Phi) is 4.66. The summed E-state index contributed by atoms with van der Waals surface area (Å²) < 4.78 is 0. The van der Waals surface area contributed by atoms with Crippen molar-refractivity contribution in [2.75, 3.05) is 6.54 Å².